The summed E-state index contributed by atoms with van der Waals surface area (Å²) in [5, 5.41) is 21.6. The number of amidine groups is 1. The zero-order valence-electron chi connectivity index (χ0n) is 9.70. The Bertz CT molecular complexity index is 398. The van der Waals surface area contributed by atoms with E-state index in [0.717, 1.165) is 36.3 Å². The molecule has 1 aliphatic rings. The highest BCUT2D eigenvalue weighted by atomic mass is 32.1. The molecule has 8 heteroatoms. The summed E-state index contributed by atoms with van der Waals surface area (Å²) in [6.45, 7) is 6.03. The highest BCUT2D eigenvalue weighted by Crippen LogP contribution is 2.20. The highest BCUT2D eigenvalue weighted by Gasteiger charge is 2.20. The summed E-state index contributed by atoms with van der Waals surface area (Å²) in [5.41, 5.74) is 5.48. The van der Waals surface area contributed by atoms with Crippen LogP contribution in [-0.2, 0) is 0 Å². The molecule has 0 spiro atoms. The van der Waals surface area contributed by atoms with E-state index >= 15 is 0 Å². The van der Waals surface area contributed by atoms with Gasteiger partial charge < -0.3 is 15.8 Å². The molecule has 2 rings (SSSR count). The fraction of sp³-hybridized carbons (Fsp3) is 0.667. The molecule has 0 aromatic carbocycles. The number of aromatic nitrogens is 2. The van der Waals surface area contributed by atoms with Crippen molar-refractivity contribution in [2.24, 2.45) is 10.9 Å². The summed E-state index contributed by atoms with van der Waals surface area (Å²) in [6.07, 6.45) is 0. The van der Waals surface area contributed by atoms with E-state index < -0.39 is 0 Å². The Balaban J connectivity index is 1.86. The predicted octanol–water partition coefficient (Wildman–Crippen LogP) is -0.285. The lowest BCUT2D eigenvalue weighted by molar-refractivity contribution is 0.278. The lowest BCUT2D eigenvalue weighted by Crippen LogP contribution is -2.48. The van der Waals surface area contributed by atoms with Crippen molar-refractivity contribution in [2.45, 2.75) is 6.92 Å². The van der Waals surface area contributed by atoms with Gasteiger partial charge in [-0.1, -0.05) is 16.5 Å². The number of hydrogen-bond acceptors (Lipinski definition) is 7. The van der Waals surface area contributed by atoms with E-state index in [1.54, 1.807) is 11.3 Å². The molecule has 7 nitrogen and oxygen atoms in total. The molecule has 1 saturated heterocycles. The van der Waals surface area contributed by atoms with Crippen molar-refractivity contribution in [3.63, 3.8) is 0 Å². The third-order valence-corrected chi connectivity index (χ3v) is 3.57. The minimum atomic E-state index is 0.255. The Morgan fingerprint density at radius 3 is 2.65 bits per heavy atom. The van der Waals surface area contributed by atoms with E-state index in [4.69, 9.17) is 10.9 Å². The van der Waals surface area contributed by atoms with Gasteiger partial charge in [-0.3, -0.25) is 4.90 Å². The van der Waals surface area contributed by atoms with E-state index in [1.165, 1.54) is 0 Å². The molecular weight excluding hydrogens is 240 g/mol. The van der Waals surface area contributed by atoms with Crippen molar-refractivity contribution in [2.75, 3.05) is 37.6 Å². The predicted molar refractivity (Wildman–Crippen MR) is 66.7 cm³/mol. The van der Waals surface area contributed by atoms with E-state index in [9.17, 15) is 0 Å². The second kappa shape index (κ2) is 5.28. The van der Waals surface area contributed by atoms with Crippen LogP contribution in [0.15, 0.2) is 5.16 Å². The van der Waals surface area contributed by atoms with Gasteiger partial charge in [0, 0.05) is 26.2 Å². The van der Waals surface area contributed by atoms with Crippen LogP contribution in [0.2, 0.25) is 0 Å². The average Bonchev–Trinajstić information content (AvgIpc) is 2.77. The van der Waals surface area contributed by atoms with Crippen LogP contribution in [0.25, 0.3) is 0 Å². The standard InChI is InChI=1S/C9H16N6OS/c1-7-11-12-9(17-7)15-4-2-14(3-5-15)6-8(10)13-16/h16H,2-6H2,1H3,(H2,10,13). The van der Waals surface area contributed by atoms with Crippen molar-refractivity contribution in [3.8, 4) is 0 Å². The summed E-state index contributed by atoms with van der Waals surface area (Å²) >= 11 is 1.61. The number of anilines is 1. The first-order valence-corrected chi connectivity index (χ1v) is 6.24. The van der Waals surface area contributed by atoms with Gasteiger partial charge in [-0.15, -0.1) is 10.2 Å². The van der Waals surface area contributed by atoms with Gasteiger partial charge in [-0.25, -0.2) is 0 Å². The van der Waals surface area contributed by atoms with Gasteiger partial charge in [0.05, 0.1) is 6.54 Å². The lowest BCUT2D eigenvalue weighted by Gasteiger charge is -2.33. The Labute approximate surface area is 104 Å². The first-order valence-electron chi connectivity index (χ1n) is 5.43. The number of nitrogens with zero attached hydrogens (tertiary/aromatic N) is 5. The summed E-state index contributed by atoms with van der Waals surface area (Å²) in [7, 11) is 0. The maximum Gasteiger partial charge on any atom is 0.208 e. The van der Waals surface area contributed by atoms with Crippen LogP contribution in [0.4, 0.5) is 5.13 Å². The smallest absolute Gasteiger partial charge is 0.208 e. The molecule has 0 atom stereocenters. The zero-order valence-corrected chi connectivity index (χ0v) is 10.5. The van der Waals surface area contributed by atoms with E-state index in [1.807, 2.05) is 6.92 Å². The molecule has 1 fully saturated rings. The number of piperazine rings is 1. The maximum absolute atomic E-state index is 8.51. The molecule has 0 radical (unpaired) electrons. The summed E-state index contributed by atoms with van der Waals surface area (Å²) in [6, 6.07) is 0. The van der Waals surface area contributed by atoms with Crippen molar-refractivity contribution in [3.05, 3.63) is 5.01 Å². The Morgan fingerprint density at radius 2 is 2.12 bits per heavy atom. The van der Waals surface area contributed by atoms with Crippen molar-refractivity contribution in [1.82, 2.24) is 15.1 Å². The van der Waals surface area contributed by atoms with Gasteiger partial charge in [-0.05, 0) is 6.92 Å². The minimum absolute atomic E-state index is 0.255. The SMILES string of the molecule is Cc1nnc(N2CCN(CC(N)=NO)CC2)s1. The van der Waals surface area contributed by atoms with Crippen LogP contribution >= 0.6 is 11.3 Å². The summed E-state index contributed by atoms with van der Waals surface area (Å²) in [4.78, 5) is 4.37. The maximum atomic E-state index is 8.51. The second-order valence-electron chi connectivity index (χ2n) is 3.96. The minimum Gasteiger partial charge on any atom is -0.409 e. The van der Waals surface area contributed by atoms with E-state index in [-0.39, 0.29) is 5.84 Å². The first kappa shape index (κ1) is 12.1. The highest BCUT2D eigenvalue weighted by molar-refractivity contribution is 7.15. The van der Waals surface area contributed by atoms with Crippen LogP contribution in [0.1, 0.15) is 5.01 Å². The molecule has 17 heavy (non-hydrogen) atoms. The van der Waals surface area contributed by atoms with Crippen LogP contribution in [-0.4, -0.2) is 58.9 Å². The van der Waals surface area contributed by atoms with Gasteiger partial charge in [0.15, 0.2) is 5.84 Å². The molecule has 0 unspecified atom stereocenters. The molecule has 1 aliphatic heterocycles. The molecule has 0 bridgehead atoms. The summed E-state index contributed by atoms with van der Waals surface area (Å²) < 4.78 is 0. The molecule has 94 valence electrons. The molecule has 0 aliphatic carbocycles. The van der Waals surface area contributed by atoms with Gasteiger partial charge >= 0.3 is 0 Å². The van der Waals surface area contributed by atoms with E-state index in [0.29, 0.717) is 6.54 Å². The Morgan fingerprint density at radius 1 is 1.41 bits per heavy atom. The average molecular weight is 256 g/mol. The summed E-state index contributed by atoms with van der Waals surface area (Å²) in [5.74, 6) is 0.255. The zero-order chi connectivity index (χ0) is 12.3. The monoisotopic (exact) mass is 256 g/mol. The van der Waals surface area contributed by atoms with Crippen LogP contribution in [0.3, 0.4) is 0 Å². The Hall–Kier alpha value is -1.41. The van der Waals surface area contributed by atoms with Crippen molar-refractivity contribution in [1.29, 1.82) is 0 Å². The number of aryl methyl sites for hydroxylation is 1. The van der Waals surface area contributed by atoms with Gasteiger partial charge in [0.1, 0.15) is 5.01 Å². The van der Waals surface area contributed by atoms with Gasteiger partial charge in [0.25, 0.3) is 0 Å². The van der Waals surface area contributed by atoms with Crippen LogP contribution < -0.4 is 10.6 Å². The third kappa shape index (κ3) is 3.04. The molecule has 0 amide bonds. The van der Waals surface area contributed by atoms with E-state index in [2.05, 4.69) is 25.2 Å². The number of rotatable bonds is 3. The Kier molecular flexibility index (Phi) is 3.75. The van der Waals surface area contributed by atoms with Gasteiger partial charge in [-0.2, -0.15) is 0 Å². The quantitative estimate of drug-likeness (QED) is 0.334. The van der Waals surface area contributed by atoms with Crippen molar-refractivity contribution < 1.29 is 5.21 Å². The fourth-order valence-corrected chi connectivity index (χ4v) is 2.51. The topological polar surface area (TPSA) is 90.9 Å². The molecule has 1 aromatic rings. The van der Waals surface area contributed by atoms with Crippen LogP contribution in [0, 0.1) is 6.92 Å². The molecule has 2 heterocycles. The molecular formula is C9H16N6OS. The number of oxime groups is 1. The first-order chi connectivity index (χ1) is 8.19. The number of hydrogen-bond donors (Lipinski definition) is 2. The fourth-order valence-electron chi connectivity index (χ4n) is 1.77. The van der Waals surface area contributed by atoms with Crippen molar-refractivity contribution >= 4 is 22.3 Å². The molecule has 1 aromatic heterocycles. The molecule has 3 N–H and O–H groups in total. The lowest BCUT2D eigenvalue weighted by atomic mass is 10.3. The molecule has 0 saturated carbocycles. The third-order valence-electron chi connectivity index (χ3n) is 2.67. The van der Waals surface area contributed by atoms with Gasteiger partial charge in [0.2, 0.25) is 5.13 Å². The number of nitrogens with two attached hydrogens (primary N) is 1. The van der Waals surface area contributed by atoms with Crippen LogP contribution in [0.5, 0.6) is 0 Å². The second-order valence-corrected chi connectivity index (χ2v) is 5.12. The largest absolute Gasteiger partial charge is 0.409 e. The normalized spacial score (nSPS) is 18.6.